The monoisotopic (exact) mass is 390 g/mol. The van der Waals surface area contributed by atoms with Crippen LogP contribution in [0.15, 0.2) is 48.5 Å². The van der Waals surface area contributed by atoms with Crippen LogP contribution in [-0.2, 0) is 0 Å². The number of hydrogen-bond donors (Lipinski definition) is 2. The number of rotatable bonds is 6. The minimum absolute atomic E-state index is 0.119. The van der Waals surface area contributed by atoms with Gasteiger partial charge in [-0.25, -0.2) is 9.97 Å². The molecule has 0 amide bonds. The van der Waals surface area contributed by atoms with E-state index >= 15 is 0 Å². The summed E-state index contributed by atoms with van der Waals surface area (Å²) in [7, 11) is 5.69. The van der Waals surface area contributed by atoms with Gasteiger partial charge in [0.1, 0.15) is 12.0 Å². The molecule has 0 saturated heterocycles. The second-order valence-electron chi connectivity index (χ2n) is 7.66. The van der Waals surface area contributed by atoms with Gasteiger partial charge in [-0.15, -0.1) is 0 Å². The summed E-state index contributed by atoms with van der Waals surface area (Å²) in [5, 5.41) is 16.1. The van der Waals surface area contributed by atoms with E-state index in [2.05, 4.69) is 17.1 Å². The summed E-state index contributed by atoms with van der Waals surface area (Å²) in [6.07, 6.45) is -0.829. The molecule has 150 valence electrons. The molecule has 2 N–H and O–H groups in total. The average Bonchev–Trinajstić information content (AvgIpc) is 2.70. The molecule has 4 rings (SSSR count). The van der Waals surface area contributed by atoms with Crippen molar-refractivity contribution in [2.24, 2.45) is 0 Å². The summed E-state index contributed by atoms with van der Waals surface area (Å²) < 4.78 is 5.50. The lowest BCUT2D eigenvalue weighted by molar-refractivity contribution is 0.121. The van der Waals surface area contributed by atoms with Crippen LogP contribution in [0.3, 0.4) is 0 Å². The highest BCUT2D eigenvalue weighted by atomic mass is 16.5. The first-order chi connectivity index (χ1) is 14.0. The van der Waals surface area contributed by atoms with Gasteiger partial charge in [-0.3, -0.25) is 5.32 Å². The average molecular weight is 390 g/mol. The number of nitrogens with one attached hydrogen (secondary N) is 1. The van der Waals surface area contributed by atoms with Crippen LogP contribution in [0.25, 0.3) is 32.8 Å². The Kier molecular flexibility index (Phi) is 5.32. The van der Waals surface area contributed by atoms with Crippen LogP contribution >= 0.6 is 0 Å². The van der Waals surface area contributed by atoms with Crippen LogP contribution < -0.4 is 10.1 Å². The predicted molar refractivity (Wildman–Crippen MR) is 117 cm³/mol. The lowest BCUT2D eigenvalue weighted by Gasteiger charge is -2.22. The molecule has 3 aromatic carbocycles. The van der Waals surface area contributed by atoms with Gasteiger partial charge < -0.3 is 14.7 Å². The van der Waals surface area contributed by atoms with Crippen LogP contribution in [0.1, 0.15) is 18.7 Å². The van der Waals surface area contributed by atoms with E-state index in [0.717, 1.165) is 45.2 Å². The Morgan fingerprint density at radius 1 is 0.966 bits per heavy atom. The van der Waals surface area contributed by atoms with Crippen LogP contribution in [0.2, 0.25) is 0 Å². The second-order valence-corrected chi connectivity index (χ2v) is 7.66. The molecule has 0 spiro atoms. The fraction of sp³-hybridized carbons (Fsp3) is 0.304. The molecular weight excluding hydrogens is 364 g/mol. The number of nitrogens with zero attached hydrogens (tertiary/aromatic N) is 3. The zero-order valence-electron chi connectivity index (χ0n) is 17.2. The second kappa shape index (κ2) is 7.91. The summed E-state index contributed by atoms with van der Waals surface area (Å²) in [5.41, 5.74) is 3.81. The fourth-order valence-corrected chi connectivity index (χ4v) is 3.87. The molecule has 0 saturated carbocycles. The number of aliphatic hydroxyl groups excluding tert-OH is 1. The Bertz CT molecular complexity index is 1180. The maximum absolute atomic E-state index is 10.9. The van der Waals surface area contributed by atoms with Gasteiger partial charge in [-0.05, 0) is 45.3 Å². The van der Waals surface area contributed by atoms with E-state index in [4.69, 9.17) is 14.7 Å². The van der Waals surface area contributed by atoms with Crippen LogP contribution in [0, 0.1) is 0 Å². The molecule has 0 fully saturated rings. The quantitative estimate of drug-likeness (QED) is 0.298. The van der Waals surface area contributed by atoms with Crippen molar-refractivity contribution in [1.29, 1.82) is 0 Å². The number of benzene rings is 3. The number of likely N-dealkylation sites (N-methyl/N-ethyl adjacent to an activating group) is 1. The van der Waals surface area contributed by atoms with Crippen molar-refractivity contribution in [1.82, 2.24) is 20.2 Å². The third kappa shape index (κ3) is 3.74. The summed E-state index contributed by atoms with van der Waals surface area (Å²) >= 11 is 0. The van der Waals surface area contributed by atoms with Gasteiger partial charge >= 0.3 is 0 Å². The highest BCUT2D eigenvalue weighted by Gasteiger charge is 2.17. The first-order valence-electron chi connectivity index (χ1n) is 9.73. The van der Waals surface area contributed by atoms with Gasteiger partial charge in [0.25, 0.3) is 0 Å². The molecule has 0 bridgehead atoms. The molecule has 6 nitrogen and oxygen atoms in total. The van der Waals surface area contributed by atoms with Gasteiger partial charge in [-0.2, -0.15) is 0 Å². The number of aliphatic hydroxyl groups is 1. The molecule has 1 aromatic heterocycles. The summed E-state index contributed by atoms with van der Waals surface area (Å²) in [6.45, 7) is 2.87. The van der Waals surface area contributed by atoms with E-state index in [9.17, 15) is 5.11 Å². The normalized spacial score (nSPS) is 14.0. The lowest BCUT2D eigenvalue weighted by Crippen LogP contribution is -2.38. The number of aromatic nitrogens is 2. The first kappa shape index (κ1) is 19.5. The highest BCUT2D eigenvalue weighted by molar-refractivity contribution is 6.08. The minimum atomic E-state index is -0.829. The van der Waals surface area contributed by atoms with Crippen LogP contribution in [-0.4, -0.2) is 53.8 Å². The Morgan fingerprint density at radius 3 is 2.48 bits per heavy atom. The van der Waals surface area contributed by atoms with Crippen molar-refractivity contribution in [2.45, 2.75) is 19.2 Å². The molecule has 0 aliphatic heterocycles. The summed E-state index contributed by atoms with van der Waals surface area (Å²) in [5.74, 6) is 0.804. The lowest BCUT2D eigenvalue weighted by atomic mass is 10.1. The predicted octanol–water partition coefficient (Wildman–Crippen LogP) is 3.48. The molecule has 0 aliphatic carbocycles. The Labute approximate surface area is 170 Å². The highest BCUT2D eigenvalue weighted by Crippen LogP contribution is 2.32. The Hall–Kier alpha value is -2.80. The van der Waals surface area contributed by atoms with Crippen molar-refractivity contribution in [3.63, 3.8) is 0 Å². The molecule has 1 heterocycles. The van der Waals surface area contributed by atoms with Crippen LogP contribution in [0.4, 0.5) is 0 Å². The van der Waals surface area contributed by atoms with E-state index < -0.39 is 6.23 Å². The number of fused-ring (bicyclic) bond motifs is 4. The van der Waals surface area contributed by atoms with Crippen LogP contribution in [0.5, 0.6) is 5.75 Å². The smallest absolute Gasteiger partial charge is 0.133 e. The summed E-state index contributed by atoms with van der Waals surface area (Å²) in [4.78, 5) is 11.8. The van der Waals surface area contributed by atoms with E-state index in [1.165, 1.54) is 0 Å². The standard InChI is InChI=1S/C23H26N4O2/c1-14(13-27(2)3)24-23(28)17-8-5-9-18-22(17)26-21-16-7-6-10-20(29-4)15(16)11-12-19(21)25-18/h5-12,14,23-24,28H,13H2,1-4H3/t14-,23?/m1/s1. The van der Waals surface area contributed by atoms with Gasteiger partial charge in [0.05, 0.1) is 29.2 Å². The third-order valence-corrected chi connectivity index (χ3v) is 5.08. The zero-order valence-corrected chi connectivity index (χ0v) is 17.2. The first-order valence-corrected chi connectivity index (χ1v) is 9.73. The van der Waals surface area contributed by atoms with Gasteiger partial charge in [0, 0.05) is 28.9 Å². The molecular formula is C23H26N4O2. The van der Waals surface area contributed by atoms with Gasteiger partial charge in [-0.1, -0.05) is 24.3 Å². The third-order valence-electron chi connectivity index (χ3n) is 5.08. The minimum Gasteiger partial charge on any atom is -0.496 e. The van der Waals surface area contributed by atoms with Crippen molar-refractivity contribution in [3.8, 4) is 5.75 Å². The van der Waals surface area contributed by atoms with Gasteiger partial charge in [0.2, 0.25) is 0 Å². The maximum atomic E-state index is 10.9. The Morgan fingerprint density at radius 2 is 1.72 bits per heavy atom. The van der Waals surface area contributed by atoms with E-state index in [1.54, 1.807) is 7.11 Å². The molecule has 6 heteroatoms. The van der Waals surface area contributed by atoms with E-state index in [-0.39, 0.29) is 6.04 Å². The summed E-state index contributed by atoms with van der Waals surface area (Å²) in [6, 6.07) is 15.7. The number of hydrogen-bond acceptors (Lipinski definition) is 6. The molecule has 29 heavy (non-hydrogen) atoms. The number of ether oxygens (including phenoxy) is 1. The van der Waals surface area contributed by atoms with Crippen molar-refractivity contribution < 1.29 is 9.84 Å². The fourth-order valence-electron chi connectivity index (χ4n) is 3.87. The van der Waals surface area contributed by atoms with Crippen molar-refractivity contribution in [2.75, 3.05) is 27.7 Å². The largest absolute Gasteiger partial charge is 0.496 e. The van der Waals surface area contributed by atoms with E-state index in [1.807, 2.05) is 62.6 Å². The van der Waals surface area contributed by atoms with Gasteiger partial charge in [0.15, 0.2) is 0 Å². The molecule has 0 radical (unpaired) electrons. The number of methoxy groups -OCH3 is 1. The van der Waals surface area contributed by atoms with Crippen molar-refractivity contribution >= 4 is 32.8 Å². The maximum Gasteiger partial charge on any atom is 0.133 e. The SMILES string of the molecule is COc1cccc2c1ccc1nc3cccc(C(O)N[C@H](C)CN(C)C)c3nc12. The molecule has 4 aromatic rings. The molecule has 2 atom stereocenters. The van der Waals surface area contributed by atoms with E-state index in [0.29, 0.717) is 5.52 Å². The molecule has 0 aliphatic rings. The Balaban J connectivity index is 1.86. The molecule has 1 unspecified atom stereocenters. The zero-order chi connectivity index (χ0) is 20.5. The van der Waals surface area contributed by atoms with Crippen molar-refractivity contribution in [3.05, 3.63) is 54.1 Å². The topological polar surface area (TPSA) is 70.5 Å². The number of para-hydroxylation sites is 1.